The zero-order chi connectivity index (χ0) is 20.1. The fraction of sp³-hybridized carbons (Fsp3) is 0.750. The van der Waals surface area contributed by atoms with E-state index in [2.05, 4.69) is 41.0 Å². The Labute approximate surface area is 176 Å². The molecule has 5 nitrogen and oxygen atoms in total. The number of aliphatic hydroxyl groups is 1. The summed E-state index contributed by atoms with van der Waals surface area (Å²) in [7, 11) is 0. The lowest BCUT2D eigenvalue weighted by molar-refractivity contribution is -0.0613. The first-order chi connectivity index (χ1) is 14.2. The summed E-state index contributed by atoms with van der Waals surface area (Å²) in [5, 5.41) is 11.0. The Morgan fingerprint density at radius 2 is 1.93 bits per heavy atom. The summed E-state index contributed by atoms with van der Waals surface area (Å²) >= 11 is 0. The van der Waals surface area contributed by atoms with Crippen molar-refractivity contribution in [1.29, 1.82) is 0 Å². The van der Waals surface area contributed by atoms with Crippen molar-refractivity contribution in [2.75, 3.05) is 52.5 Å². The van der Waals surface area contributed by atoms with Gasteiger partial charge in [-0.3, -0.25) is 9.80 Å². The topological polar surface area (TPSA) is 45.2 Å². The monoisotopic (exact) mass is 402 g/mol. The smallest absolute Gasteiger partial charge is 0.119 e. The van der Waals surface area contributed by atoms with Crippen LogP contribution in [0.3, 0.4) is 0 Å². The second-order valence-electron chi connectivity index (χ2n) is 9.21. The third-order valence-electron chi connectivity index (χ3n) is 7.32. The molecule has 1 aromatic carbocycles. The Bertz CT molecular complexity index is 632. The number of morpholine rings is 1. The molecular formula is C24H38N2O3. The van der Waals surface area contributed by atoms with Crippen LogP contribution in [-0.2, 0) is 11.3 Å². The van der Waals surface area contributed by atoms with Gasteiger partial charge in [-0.2, -0.15) is 0 Å². The number of fused-ring (bicyclic) bond motifs is 1. The largest absolute Gasteiger partial charge is 0.494 e. The van der Waals surface area contributed by atoms with Crippen LogP contribution in [0.5, 0.6) is 5.75 Å². The van der Waals surface area contributed by atoms with Gasteiger partial charge in [0.2, 0.25) is 0 Å². The first-order valence-corrected chi connectivity index (χ1v) is 11.6. The lowest BCUT2D eigenvalue weighted by atomic mass is 9.69. The molecule has 1 aliphatic carbocycles. The molecule has 0 amide bonds. The molecule has 0 aromatic heterocycles. The minimum absolute atomic E-state index is 0.434. The van der Waals surface area contributed by atoms with E-state index in [0.717, 1.165) is 84.1 Å². The zero-order valence-electron chi connectivity index (χ0n) is 18.0. The molecular weight excluding hydrogens is 364 g/mol. The molecule has 4 rings (SSSR count). The van der Waals surface area contributed by atoms with Crippen molar-refractivity contribution in [2.24, 2.45) is 11.8 Å². The Kier molecular flexibility index (Phi) is 7.12. The van der Waals surface area contributed by atoms with Crippen molar-refractivity contribution in [3.63, 3.8) is 0 Å². The lowest BCUT2D eigenvalue weighted by Gasteiger charge is -2.40. The fourth-order valence-electron chi connectivity index (χ4n) is 5.54. The van der Waals surface area contributed by atoms with Crippen LogP contribution < -0.4 is 4.74 Å². The van der Waals surface area contributed by atoms with Crippen molar-refractivity contribution in [3.8, 4) is 5.75 Å². The van der Waals surface area contributed by atoms with Crippen LogP contribution in [0, 0.1) is 11.8 Å². The summed E-state index contributed by atoms with van der Waals surface area (Å²) in [4.78, 5) is 4.99. The summed E-state index contributed by atoms with van der Waals surface area (Å²) in [5.74, 6) is 2.09. The van der Waals surface area contributed by atoms with Crippen molar-refractivity contribution in [3.05, 3.63) is 29.8 Å². The van der Waals surface area contributed by atoms with Gasteiger partial charge >= 0.3 is 0 Å². The maximum absolute atomic E-state index is 11.0. The average Bonchev–Trinajstić information content (AvgIpc) is 3.17. The SMILES string of the molecule is CC[C@@]1(O)CCC[C@@H]2CN(Cc3ccc(OCCCN4CCOCC4)cc3)C[C@@H]21. The molecule has 1 N–H and O–H groups in total. The van der Waals surface area contributed by atoms with Crippen molar-refractivity contribution in [1.82, 2.24) is 9.80 Å². The molecule has 0 unspecified atom stereocenters. The maximum atomic E-state index is 11.0. The predicted molar refractivity (Wildman–Crippen MR) is 115 cm³/mol. The first kappa shape index (κ1) is 21.1. The zero-order valence-corrected chi connectivity index (χ0v) is 18.0. The minimum Gasteiger partial charge on any atom is -0.494 e. The summed E-state index contributed by atoms with van der Waals surface area (Å²) in [6, 6.07) is 8.61. The quantitative estimate of drug-likeness (QED) is 0.677. The first-order valence-electron chi connectivity index (χ1n) is 11.6. The van der Waals surface area contributed by atoms with Gasteiger partial charge in [0.1, 0.15) is 5.75 Å². The number of likely N-dealkylation sites (tertiary alicyclic amines) is 1. The molecule has 3 aliphatic rings. The molecule has 3 fully saturated rings. The third kappa shape index (κ3) is 5.32. The van der Waals surface area contributed by atoms with E-state index >= 15 is 0 Å². The van der Waals surface area contributed by atoms with Crippen LogP contribution in [0.15, 0.2) is 24.3 Å². The fourth-order valence-corrected chi connectivity index (χ4v) is 5.54. The highest BCUT2D eigenvalue weighted by Gasteiger charge is 2.47. The summed E-state index contributed by atoms with van der Waals surface area (Å²) < 4.78 is 11.3. The van der Waals surface area contributed by atoms with Gasteiger partial charge in [0.15, 0.2) is 0 Å². The van der Waals surface area contributed by atoms with E-state index in [4.69, 9.17) is 9.47 Å². The normalized spacial score (nSPS) is 31.0. The van der Waals surface area contributed by atoms with E-state index in [9.17, 15) is 5.11 Å². The van der Waals surface area contributed by atoms with Crippen molar-refractivity contribution >= 4 is 0 Å². The molecule has 0 spiro atoms. The van der Waals surface area contributed by atoms with Crippen LogP contribution in [0.1, 0.15) is 44.6 Å². The number of benzene rings is 1. The third-order valence-corrected chi connectivity index (χ3v) is 7.32. The van der Waals surface area contributed by atoms with Crippen LogP contribution in [0.2, 0.25) is 0 Å². The number of ether oxygens (including phenoxy) is 2. The molecule has 1 aromatic rings. The van der Waals surface area contributed by atoms with E-state index in [1.54, 1.807) is 0 Å². The molecule has 0 radical (unpaired) electrons. The van der Waals surface area contributed by atoms with Crippen LogP contribution in [0.4, 0.5) is 0 Å². The number of hydrogen-bond donors (Lipinski definition) is 1. The number of rotatable bonds is 8. The van der Waals surface area contributed by atoms with Crippen LogP contribution in [0.25, 0.3) is 0 Å². The Hall–Kier alpha value is -1.14. The second kappa shape index (κ2) is 9.78. The Morgan fingerprint density at radius 3 is 2.69 bits per heavy atom. The van der Waals surface area contributed by atoms with E-state index in [1.165, 1.54) is 18.4 Å². The van der Waals surface area contributed by atoms with Gasteiger partial charge in [0.05, 0.1) is 25.4 Å². The molecule has 162 valence electrons. The molecule has 5 heteroatoms. The summed E-state index contributed by atoms with van der Waals surface area (Å²) in [6.45, 7) is 10.9. The van der Waals surface area contributed by atoms with E-state index in [-0.39, 0.29) is 0 Å². The van der Waals surface area contributed by atoms with Crippen LogP contribution in [-0.4, -0.2) is 73.1 Å². The molecule has 3 atom stereocenters. The standard InChI is InChI=1S/C24H38N2O3/c1-2-24(27)10-3-5-21-18-26(19-23(21)24)17-20-6-8-22(9-7-20)29-14-4-11-25-12-15-28-16-13-25/h6-9,21,23,27H,2-5,10-19H2,1H3/t21-,23+,24-/m1/s1. The molecule has 1 saturated carbocycles. The van der Waals surface area contributed by atoms with Gasteiger partial charge in [-0.15, -0.1) is 0 Å². The van der Waals surface area contributed by atoms with Crippen molar-refractivity contribution in [2.45, 2.75) is 51.2 Å². The summed E-state index contributed by atoms with van der Waals surface area (Å²) in [6.07, 6.45) is 5.38. The molecule has 2 aliphatic heterocycles. The van der Waals surface area contributed by atoms with Gasteiger partial charge in [0, 0.05) is 45.2 Å². The van der Waals surface area contributed by atoms with Gasteiger partial charge in [0.25, 0.3) is 0 Å². The second-order valence-corrected chi connectivity index (χ2v) is 9.21. The highest BCUT2D eigenvalue weighted by molar-refractivity contribution is 5.27. The van der Waals surface area contributed by atoms with Gasteiger partial charge in [-0.25, -0.2) is 0 Å². The van der Waals surface area contributed by atoms with E-state index in [1.807, 2.05) is 0 Å². The highest BCUT2D eigenvalue weighted by Crippen LogP contribution is 2.44. The number of nitrogens with zero attached hydrogens (tertiary/aromatic N) is 2. The Morgan fingerprint density at radius 1 is 1.14 bits per heavy atom. The molecule has 2 heterocycles. The average molecular weight is 403 g/mol. The highest BCUT2D eigenvalue weighted by atomic mass is 16.5. The summed E-state index contributed by atoms with van der Waals surface area (Å²) in [5.41, 5.74) is 0.903. The maximum Gasteiger partial charge on any atom is 0.119 e. The Balaban J connectivity index is 1.20. The van der Waals surface area contributed by atoms with E-state index in [0.29, 0.717) is 11.8 Å². The number of hydrogen-bond acceptors (Lipinski definition) is 5. The predicted octanol–water partition coefficient (Wildman–Crippen LogP) is 3.16. The molecule has 2 saturated heterocycles. The molecule has 29 heavy (non-hydrogen) atoms. The van der Waals surface area contributed by atoms with E-state index < -0.39 is 5.60 Å². The van der Waals surface area contributed by atoms with Crippen LogP contribution >= 0.6 is 0 Å². The lowest BCUT2D eigenvalue weighted by Crippen LogP contribution is -2.44. The van der Waals surface area contributed by atoms with Crippen molar-refractivity contribution < 1.29 is 14.6 Å². The molecule has 0 bridgehead atoms. The van der Waals surface area contributed by atoms with Gasteiger partial charge in [-0.05, 0) is 49.3 Å². The minimum atomic E-state index is -0.434. The van der Waals surface area contributed by atoms with Gasteiger partial charge in [-0.1, -0.05) is 25.5 Å². The van der Waals surface area contributed by atoms with Gasteiger partial charge < -0.3 is 14.6 Å².